The molecule has 0 bridgehead atoms. The van der Waals surface area contributed by atoms with E-state index < -0.39 is 0 Å². The van der Waals surface area contributed by atoms with E-state index >= 15 is 0 Å². The van der Waals surface area contributed by atoms with Crippen molar-refractivity contribution < 1.29 is 4.79 Å². The summed E-state index contributed by atoms with van der Waals surface area (Å²) in [5.74, 6) is 0.0150. The van der Waals surface area contributed by atoms with E-state index in [-0.39, 0.29) is 23.7 Å². The topological polar surface area (TPSA) is 32.3 Å². The van der Waals surface area contributed by atoms with Crippen LogP contribution in [-0.4, -0.2) is 30.4 Å². The molecule has 26 heavy (non-hydrogen) atoms. The lowest BCUT2D eigenvalue weighted by Gasteiger charge is -2.27. The van der Waals surface area contributed by atoms with Crippen LogP contribution in [0.2, 0.25) is 0 Å². The van der Waals surface area contributed by atoms with E-state index in [1.807, 2.05) is 12.1 Å². The highest BCUT2D eigenvalue weighted by Gasteiger charge is 2.25. The van der Waals surface area contributed by atoms with Crippen LogP contribution < -0.4 is 5.32 Å². The Bertz CT molecular complexity index is 686. The number of carbonyl (C=O) groups is 1. The van der Waals surface area contributed by atoms with Gasteiger partial charge in [-0.1, -0.05) is 39.0 Å². The third kappa shape index (κ3) is 5.09. The van der Waals surface area contributed by atoms with Crippen molar-refractivity contribution in [3.63, 3.8) is 0 Å². The van der Waals surface area contributed by atoms with Gasteiger partial charge in [0.25, 0.3) is 5.91 Å². The largest absolute Gasteiger partial charge is 0.350 e. The Labute approximate surface area is 167 Å². The highest BCUT2D eigenvalue weighted by molar-refractivity contribution is 7.10. The molecule has 0 radical (unpaired) electrons. The SMILES string of the molecule is CC(C)(C)c1ccc(C(=O)NCC(c2cccs2)N2CCCC2)cc1.Cl. The number of amides is 1. The molecule has 2 aromatic rings. The Morgan fingerprint density at radius 2 is 1.81 bits per heavy atom. The van der Waals surface area contributed by atoms with Crippen LogP contribution >= 0.6 is 23.7 Å². The molecule has 2 heterocycles. The fourth-order valence-electron chi connectivity index (χ4n) is 3.36. The van der Waals surface area contributed by atoms with Crippen molar-refractivity contribution in [2.24, 2.45) is 0 Å². The van der Waals surface area contributed by atoms with Gasteiger partial charge >= 0.3 is 0 Å². The van der Waals surface area contributed by atoms with Gasteiger partial charge in [0, 0.05) is 17.0 Å². The fraction of sp³-hybridized carbons (Fsp3) is 0.476. The molecule has 1 atom stereocenters. The lowest BCUT2D eigenvalue weighted by molar-refractivity contribution is 0.0938. The van der Waals surface area contributed by atoms with E-state index in [2.05, 4.69) is 60.6 Å². The number of hydrogen-bond donors (Lipinski definition) is 1. The molecule has 1 N–H and O–H groups in total. The van der Waals surface area contributed by atoms with E-state index in [1.54, 1.807) is 11.3 Å². The van der Waals surface area contributed by atoms with Crippen molar-refractivity contribution in [3.05, 3.63) is 57.8 Å². The maximum absolute atomic E-state index is 12.6. The first-order valence-corrected chi connectivity index (χ1v) is 9.99. The fourth-order valence-corrected chi connectivity index (χ4v) is 4.22. The van der Waals surface area contributed by atoms with Crippen LogP contribution in [0.1, 0.15) is 60.5 Å². The molecular formula is C21H29ClN2OS. The van der Waals surface area contributed by atoms with E-state index in [1.165, 1.54) is 23.3 Å². The lowest BCUT2D eigenvalue weighted by atomic mass is 9.87. The first-order chi connectivity index (χ1) is 11.9. The van der Waals surface area contributed by atoms with Crippen LogP contribution in [0.4, 0.5) is 0 Å². The predicted octanol–water partition coefficient (Wildman–Crippen LogP) is 5.03. The number of halogens is 1. The van der Waals surface area contributed by atoms with Crippen molar-refractivity contribution in [1.29, 1.82) is 0 Å². The Morgan fingerprint density at radius 3 is 2.35 bits per heavy atom. The molecule has 0 saturated carbocycles. The third-order valence-electron chi connectivity index (χ3n) is 4.92. The Morgan fingerprint density at radius 1 is 1.15 bits per heavy atom. The first kappa shape index (κ1) is 20.9. The molecule has 1 amide bonds. The molecule has 1 aliphatic heterocycles. The van der Waals surface area contributed by atoms with Gasteiger partial charge in [-0.3, -0.25) is 9.69 Å². The molecule has 5 heteroatoms. The van der Waals surface area contributed by atoms with Crippen LogP contribution in [0.3, 0.4) is 0 Å². The van der Waals surface area contributed by atoms with Gasteiger partial charge in [0.05, 0.1) is 6.04 Å². The van der Waals surface area contributed by atoms with Gasteiger partial charge in [0.1, 0.15) is 0 Å². The molecule has 1 fully saturated rings. The zero-order valence-electron chi connectivity index (χ0n) is 15.8. The van der Waals surface area contributed by atoms with Crippen molar-refractivity contribution in [2.75, 3.05) is 19.6 Å². The number of nitrogens with one attached hydrogen (secondary N) is 1. The van der Waals surface area contributed by atoms with Gasteiger partial charge in [-0.05, 0) is 60.5 Å². The molecule has 0 aliphatic carbocycles. The molecular weight excluding hydrogens is 364 g/mol. The van der Waals surface area contributed by atoms with E-state index in [0.29, 0.717) is 12.6 Å². The number of likely N-dealkylation sites (tertiary alicyclic amines) is 1. The van der Waals surface area contributed by atoms with Gasteiger partial charge in [-0.2, -0.15) is 0 Å². The highest BCUT2D eigenvalue weighted by atomic mass is 35.5. The van der Waals surface area contributed by atoms with Gasteiger partial charge < -0.3 is 5.32 Å². The molecule has 3 nitrogen and oxygen atoms in total. The summed E-state index contributed by atoms with van der Waals surface area (Å²) in [6.45, 7) is 9.47. The second-order valence-corrected chi connectivity index (χ2v) is 8.79. The Balaban J connectivity index is 0.00000243. The minimum Gasteiger partial charge on any atom is -0.350 e. The average Bonchev–Trinajstić information content (AvgIpc) is 3.28. The standard InChI is InChI=1S/C21H28N2OS.ClH/c1-21(2,3)17-10-8-16(9-11-17)20(24)22-15-18(19-7-6-14-25-19)23-12-4-5-13-23;/h6-11,14,18H,4-5,12-13,15H2,1-3H3,(H,22,24);1H. The first-order valence-electron chi connectivity index (χ1n) is 9.11. The van der Waals surface area contributed by atoms with Crippen molar-refractivity contribution in [2.45, 2.75) is 45.1 Å². The monoisotopic (exact) mass is 392 g/mol. The summed E-state index contributed by atoms with van der Waals surface area (Å²) in [7, 11) is 0. The number of carbonyl (C=O) groups excluding carboxylic acids is 1. The summed E-state index contributed by atoms with van der Waals surface area (Å²) in [4.78, 5) is 16.4. The molecule has 3 rings (SSSR count). The average molecular weight is 393 g/mol. The number of benzene rings is 1. The smallest absolute Gasteiger partial charge is 0.251 e. The summed E-state index contributed by atoms with van der Waals surface area (Å²) in [5.41, 5.74) is 2.09. The molecule has 1 unspecified atom stereocenters. The van der Waals surface area contributed by atoms with Crippen LogP contribution in [0.5, 0.6) is 0 Å². The molecule has 0 spiro atoms. The Kier molecular flexibility index (Phi) is 7.27. The zero-order valence-corrected chi connectivity index (χ0v) is 17.5. The quantitative estimate of drug-likeness (QED) is 0.773. The molecule has 1 aromatic heterocycles. The normalized spacial score (nSPS) is 16.1. The second kappa shape index (κ2) is 9.03. The number of hydrogen-bond acceptors (Lipinski definition) is 3. The van der Waals surface area contributed by atoms with Crippen molar-refractivity contribution >= 4 is 29.7 Å². The van der Waals surface area contributed by atoms with E-state index in [9.17, 15) is 4.79 Å². The summed E-state index contributed by atoms with van der Waals surface area (Å²) >= 11 is 1.78. The van der Waals surface area contributed by atoms with Crippen LogP contribution in [0.15, 0.2) is 41.8 Å². The lowest BCUT2D eigenvalue weighted by Crippen LogP contribution is -2.36. The van der Waals surface area contributed by atoms with Crippen molar-refractivity contribution in [3.8, 4) is 0 Å². The molecule has 1 aromatic carbocycles. The van der Waals surface area contributed by atoms with Crippen molar-refractivity contribution in [1.82, 2.24) is 10.2 Å². The maximum atomic E-state index is 12.6. The van der Waals surface area contributed by atoms with Gasteiger partial charge in [0.2, 0.25) is 0 Å². The molecule has 142 valence electrons. The second-order valence-electron chi connectivity index (χ2n) is 7.81. The minimum absolute atomic E-state index is 0. The minimum atomic E-state index is 0. The van der Waals surface area contributed by atoms with Crippen LogP contribution in [0.25, 0.3) is 0 Å². The van der Waals surface area contributed by atoms with E-state index in [4.69, 9.17) is 0 Å². The van der Waals surface area contributed by atoms with E-state index in [0.717, 1.165) is 18.7 Å². The van der Waals surface area contributed by atoms with Crippen LogP contribution in [0, 0.1) is 0 Å². The highest BCUT2D eigenvalue weighted by Crippen LogP contribution is 2.28. The number of rotatable bonds is 5. The summed E-state index contributed by atoms with van der Waals surface area (Å²) < 4.78 is 0. The number of nitrogens with zero attached hydrogens (tertiary/aromatic N) is 1. The molecule has 1 saturated heterocycles. The van der Waals surface area contributed by atoms with Gasteiger partial charge in [-0.25, -0.2) is 0 Å². The molecule has 1 aliphatic rings. The van der Waals surface area contributed by atoms with Crippen LogP contribution in [-0.2, 0) is 5.41 Å². The predicted molar refractivity (Wildman–Crippen MR) is 113 cm³/mol. The summed E-state index contributed by atoms with van der Waals surface area (Å²) in [5, 5.41) is 5.27. The maximum Gasteiger partial charge on any atom is 0.251 e. The number of thiophene rings is 1. The summed E-state index contributed by atoms with van der Waals surface area (Å²) in [6.07, 6.45) is 2.51. The summed E-state index contributed by atoms with van der Waals surface area (Å²) in [6, 6.07) is 12.6. The third-order valence-corrected chi connectivity index (χ3v) is 5.90. The zero-order chi connectivity index (χ0) is 17.9. The Hall–Kier alpha value is -1.36. The van der Waals surface area contributed by atoms with Gasteiger partial charge in [0.15, 0.2) is 0 Å². The van der Waals surface area contributed by atoms with Gasteiger partial charge in [-0.15, -0.1) is 23.7 Å².